The van der Waals surface area contributed by atoms with Crippen LogP contribution in [0.2, 0.25) is 0 Å². The molecule has 0 saturated heterocycles. The minimum Gasteiger partial charge on any atom is -0.465 e. The molecule has 0 amide bonds. The van der Waals surface area contributed by atoms with Gasteiger partial charge in [-0.25, -0.2) is 4.79 Å². The number of benzene rings is 2. The Morgan fingerprint density at radius 1 is 1.15 bits per heavy atom. The second-order valence-electron chi connectivity index (χ2n) is 4.45. The number of aromatic nitrogens is 1. The molecule has 0 spiro atoms. The number of esters is 1. The number of carbonyl (C=O) groups excluding carboxylic acids is 1. The Hall–Kier alpha value is -2.07. The predicted molar refractivity (Wildman–Crippen MR) is 82.8 cm³/mol. The number of rotatable bonds is 2. The first kappa shape index (κ1) is 12.9. The Bertz CT molecular complexity index is 759. The van der Waals surface area contributed by atoms with Crippen LogP contribution in [0.15, 0.2) is 53.0 Å². The van der Waals surface area contributed by atoms with Crippen molar-refractivity contribution < 1.29 is 9.53 Å². The van der Waals surface area contributed by atoms with E-state index in [4.69, 9.17) is 4.74 Å². The van der Waals surface area contributed by atoms with E-state index in [1.54, 1.807) is 6.07 Å². The van der Waals surface area contributed by atoms with Gasteiger partial charge in [0, 0.05) is 26.6 Å². The van der Waals surface area contributed by atoms with Crippen molar-refractivity contribution in [2.24, 2.45) is 0 Å². The lowest BCUT2D eigenvalue weighted by molar-refractivity contribution is 0.0601. The highest BCUT2D eigenvalue weighted by Crippen LogP contribution is 2.29. The molecule has 4 heteroatoms. The normalized spacial score (nSPS) is 10.7. The zero-order valence-electron chi connectivity index (χ0n) is 10.8. The van der Waals surface area contributed by atoms with E-state index in [0.29, 0.717) is 5.56 Å². The second-order valence-corrected chi connectivity index (χ2v) is 5.37. The van der Waals surface area contributed by atoms with Crippen molar-refractivity contribution in [2.45, 2.75) is 0 Å². The summed E-state index contributed by atoms with van der Waals surface area (Å²) in [4.78, 5) is 15.2. The molecule has 1 aromatic heterocycles. The lowest BCUT2D eigenvalue weighted by Crippen LogP contribution is -2.03. The van der Waals surface area contributed by atoms with Gasteiger partial charge in [-0.1, -0.05) is 40.2 Å². The van der Waals surface area contributed by atoms with Gasteiger partial charge in [0.05, 0.1) is 12.7 Å². The number of aromatic amines is 1. The third kappa shape index (κ3) is 2.23. The van der Waals surface area contributed by atoms with Crippen molar-refractivity contribution in [3.05, 3.63) is 58.6 Å². The molecular weight excluding hydrogens is 318 g/mol. The van der Waals surface area contributed by atoms with Gasteiger partial charge in [-0.2, -0.15) is 0 Å². The van der Waals surface area contributed by atoms with E-state index in [-0.39, 0.29) is 5.97 Å². The van der Waals surface area contributed by atoms with Crippen LogP contribution in [0.25, 0.3) is 22.2 Å². The monoisotopic (exact) mass is 329 g/mol. The van der Waals surface area contributed by atoms with Crippen molar-refractivity contribution in [1.29, 1.82) is 0 Å². The molecule has 3 rings (SSSR count). The third-order valence-corrected chi connectivity index (χ3v) is 3.70. The van der Waals surface area contributed by atoms with Crippen LogP contribution in [-0.2, 0) is 4.74 Å². The van der Waals surface area contributed by atoms with Crippen LogP contribution in [0.1, 0.15) is 10.4 Å². The zero-order chi connectivity index (χ0) is 14.1. The van der Waals surface area contributed by atoms with Crippen molar-refractivity contribution in [3.63, 3.8) is 0 Å². The maximum atomic E-state index is 11.9. The number of hydrogen-bond donors (Lipinski definition) is 1. The minimum absolute atomic E-state index is 0.347. The molecule has 3 nitrogen and oxygen atoms in total. The molecule has 0 fully saturated rings. The molecule has 1 heterocycles. The Balaban J connectivity index is 2.20. The van der Waals surface area contributed by atoms with Gasteiger partial charge in [-0.15, -0.1) is 0 Å². The molecule has 100 valence electrons. The summed E-state index contributed by atoms with van der Waals surface area (Å²) < 4.78 is 5.70. The number of nitrogens with one attached hydrogen (secondary N) is 1. The predicted octanol–water partition coefficient (Wildman–Crippen LogP) is 4.38. The molecule has 0 saturated carbocycles. The first-order valence-corrected chi connectivity index (χ1v) is 6.94. The molecule has 2 aromatic carbocycles. The summed E-state index contributed by atoms with van der Waals surface area (Å²) >= 11 is 3.38. The van der Waals surface area contributed by atoms with Crippen LogP contribution in [0.3, 0.4) is 0 Å². The fraction of sp³-hybridized carbons (Fsp3) is 0.0625. The van der Waals surface area contributed by atoms with Gasteiger partial charge < -0.3 is 9.72 Å². The number of methoxy groups -OCH3 is 1. The molecule has 20 heavy (non-hydrogen) atoms. The standard InChI is InChI=1S/C16H12BrNO2/c1-20-16(19)13-9-11(17)6-7-12(13)15-8-10-4-2-3-5-14(10)18-15/h2-9,18H,1H3. The summed E-state index contributed by atoms with van der Waals surface area (Å²) in [5, 5.41) is 1.11. The highest BCUT2D eigenvalue weighted by Gasteiger charge is 2.15. The van der Waals surface area contributed by atoms with Gasteiger partial charge in [0.1, 0.15) is 0 Å². The first-order chi connectivity index (χ1) is 9.69. The van der Waals surface area contributed by atoms with Crippen LogP contribution in [0, 0.1) is 0 Å². The van der Waals surface area contributed by atoms with Gasteiger partial charge in [0.2, 0.25) is 0 Å². The molecule has 0 aliphatic carbocycles. The van der Waals surface area contributed by atoms with Crippen molar-refractivity contribution in [2.75, 3.05) is 7.11 Å². The van der Waals surface area contributed by atoms with Crippen LogP contribution in [0.5, 0.6) is 0 Å². The third-order valence-electron chi connectivity index (χ3n) is 3.21. The van der Waals surface area contributed by atoms with Gasteiger partial charge in [-0.05, 0) is 24.3 Å². The molecule has 0 unspecified atom stereocenters. The van der Waals surface area contributed by atoms with E-state index in [2.05, 4.69) is 20.9 Å². The molecule has 3 aromatic rings. The Kier molecular flexibility index (Phi) is 3.32. The number of para-hydroxylation sites is 1. The number of halogens is 1. The summed E-state index contributed by atoms with van der Waals surface area (Å²) in [6, 6.07) is 15.6. The lowest BCUT2D eigenvalue weighted by Gasteiger charge is -2.07. The molecular formula is C16H12BrNO2. The maximum Gasteiger partial charge on any atom is 0.338 e. The van der Waals surface area contributed by atoms with Gasteiger partial charge >= 0.3 is 5.97 Å². The van der Waals surface area contributed by atoms with E-state index in [0.717, 1.165) is 26.6 Å². The minimum atomic E-state index is -0.347. The zero-order valence-corrected chi connectivity index (χ0v) is 12.4. The van der Waals surface area contributed by atoms with Crippen LogP contribution in [-0.4, -0.2) is 18.1 Å². The highest BCUT2D eigenvalue weighted by molar-refractivity contribution is 9.10. The van der Waals surface area contributed by atoms with E-state index in [9.17, 15) is 4.79 Å². The quantitative estimate of drug-likeness (QED) is 0.709. The number of H-pyrrole nitrogens is 1. The van der Waals surface area contributed by atoms with Gasteiger partial charge in [-0.3, -0.25) is 0 Å². The molecule has 0 radical (unpaired) electrons. The summed E-state index contributed by atoms with van der Waals surface area (Å²) in [5.41, 5.74) is 3.31. The highest BCUT2D eigenvalue weighted by atomic mass is 79.9. The van der Waals surface area contributed by atoms with E-state index in [1.165, 1.54) is 7.11 Å². The van der Waals surface area contributed by atoms with Crippen molar-refractivity contribution in [1.82, 2.24) is 4.98 Å². The topological polar surface area (TPSA) is 42.1 Å². The Morgan fingerprint density at radius 3 is 2.70 bits per heavy atom. The van der Waals surface area contributed by atoms with E-state index in [1.807, 2.05) is 42.5 Å². The number of hydrogen-bond acceptors (Lipinski definition) is 2. The maximum absolute atomic E-state index is 11.9. The SMILES string of the molecule is COC(=O)c1cc(Br)ccc1-c1cc2ccccc2[nH]1. The van der Waals surface area contributed by atoms with Crippen LogP contribution >= 0.6 is 15.9 Å². The molecule has 0 bridgehead atoms. The largest absolute Gasteiger partial charge is 0.465 e. The summed E-state index contributed by atoms with van der Waals surface area (Å²) in [5.74, 6) is -0.347. The second kappa shape index (κ2) is 5.13. The number of ether oxygens (including phenoxy) is 1. The average Bonchev–Trinajstić information content (AvgIpc) is 2.90. The number of fused-ring (bicyclic) bond motifs is 1. The van der Waals surface area contributed by atoms with Crippen molar-refractivity contribution >= 4 is 32.8 Å². The first-order valence-electron chi connectivity index (χ1n) is 6.15. The molecule has 0 atom stereocenters. The van der Waals surface area contributed by atoms with E-state index < -0.39 is 0 Å². The molecule has 0 aliphatic heterocycles. The Morgan fingerprint density at radius 2 is 1.95 bits per heavy atom. The lowest BCUT2D eigenvalue weighted by atomic mass is 10.0. The van der Waals surface area contributed by atoms with Gasteiger partial charge in [0.15, 0.2) is 0 Å². The molecule has 0 aliphatic rings. The molecule has 1 N–H and O–H groups in total. The fourth-order valence-corrected chi connectivity index (χ4v) is 2.61. The summed E-state index contributed by atoms with van der Waals surface area (Å²) in [6.45, 7) is 0. The van der Waals surface area contributed by atoms with Gasteiger partial charge in [0.25, 0.3) is 0 Å². The Labute approximate surface area is 124 Å². The fourth-order valence-electron chi connectivity index (χ4n) is 2.25. The van der Waals surface area contributed by atoms with Crippen molar-refractivity contribution in [3.8, 4) is 11.3 Å². The van der Waals surface area contributed by atoms with E-state index >= 15 is 0 Å². The van der Waals surface area contributed by atoms with Crippen LogP contribution < -0.4 is 0 Å². The average molecular weight is 330 g/mol. The van der Waals surface area contributed by atoms with Crippen LogP contribution in [0.4, 0.5) is 0 Å². The summed E-state index contributed by atoms with van der Waals surface area (Å²) in [7, 11) is 1.39. The number of carbonyl (C=O) groups is 1. The summed E-state index contributed by atoms with van der Waals surface area (Å²) in [6.07, 6.45) is 0. The smallest absolute Gasteiger partial charge is 0.338 e.